The number of nitriles is 1. The summed E-state index contributed by atoms with van der Waals surface area (Å²) < 4.78 is 26.3. The molecule has 0 spiro atoms. The van der Waals surface area contributed by atoms with Gasteiger partial charge in [0.15, 0.2) is 0 Å². The van der Waals surface area contributed by atoms with E-state index >= 15 is 0 Å². The number of benzene rings is 2. The fraction of sp³-hybridized carbons (Fsp3) is 0.125. The highest BCUT2D eigenvalue weighted by Crippen LogP contribution is 2.10. The summed E-state index contributed by atoms with van der Waals surface area (Å²) in [5, 5.41) is 11.4. The Bertz CT molecular complexity index is 827. The Morgan fingerprint density at radius 3 is 2.52 bits per heavy atom. The number of anilines is 1. The van der Waals surface area contributed by atoms with Crippen molar-refractivity contribution in [1.82, 2.24) is 4.72 Å². The second-order valence-corrected chi connectivity index (χ2v) is 6.47. The summed E-state index contributed by atoms with van der Waals surface area (Å²) in [6.45, 7) is -0.0129. The van der Waals surface area contributed by atoms with Gasteiger partial charge in [0.1, 0.15) is 0 Å². The molecule has 2 aromatic carbocycles. The molecule has 1 amide bonds. The largest absolute Gasteiger partial charge is 0.326 e. The van der Waals surface area contributed by atoms with Gasteiger partial charge in [-0.25, -0.2) is 13.1 Å². The maximum Gasteiger partial charge on any atom is 0.240 e. The third-order valence-electron chi connectivity index (χ3n) is 2.97. The van der Waals surface area contributed by atoms with E-state index in [9.17, 15) is 13.2 Å². The second-order valence-electron chi connectivity index (χ2n) is 4.70. The standard InChI is InChI=1S/C16H15N3O3S/c17-12-13-5-4-6-14(11-13)19-16(20)9-10-18-23(21,22)15-7-2-1-3-8-15/h1-8,11,18H,9-10H2,(H,19,20). The van der Waals surface area contributed by atoms with Gasteiger partial charge in [-0.1, -0.05) is 24.3 Å². The van der Waals surface area contributed by atoms with E-state index in [2.05, 4.69) is 10.0 Å². The number of hydrogen-bond acceptors (Lipinski definition) is 4. The van der Waals surface area contributed by atoms with Crippen molar-refractivity contribution in [3.8, 4) is 6.07 Å². The minimum absolute atomic E-state index is 0.0111. The van der Waals surface area contributed by atoms with Crippen LogP contribution in [-0.4, -0.2) is 20.9 Å². The molecule has 0 unspecified atom stereocenters. The van der Waals surface area contributed by atoms with E-state index in [1.54, 1.807) is 42.5 Å². The molecule has 0 radical (unpaired) electrons. The van der Waals surface area contributed by atoms with Crippen LogP contribution >= 0.6 is 0 Å². The van der Waals surface area contributed by atoms with Gasteiger partial charge in [-0.05, 0) is 30.3 Å². The van der Waals surface area contributed by atoms with Crippen LogP contribution in [-0.2, 0) is 14.8 Å². The van der Waals surface area contributed by atoms with E-state index in [1.165, 1.54) is 12.1 Å². The van der Waals surface area contributed by atoms with Gasteiger partial charge >= 0.3 is 0 Å². The molecule has 0 heterocycles. The van der Waals surface area contributed by atoms with E-state index in [4.69, 9.17) is 5.26 Å². The first-order valence-corrected chi connectivity index (χ1v) is 8.34. The van der Waals surface area contributed by atoms with Crippen molar-refractivity contribution in [3.63, 3.8) is 0 Å². The summed E-state index contributed by atoms with van der Waals surface area (Å²) in [5.41, 5.74) is 0.938. The average Bonchev–Trinajstić information content (AvgIpc) is 2.55. The molecule has 0 aliphatic heterocycles. The number of carbonyl (C=O) groups is 1. The zero-order chi connectivity index (χ0) is 16.7. The van der Waals surface area contributed by atoms with Crippen LogP contribution in [0.2, 0.25) is 0 Å². The van der Waals surface area contributed by atoms with Crippen LogP contribution in [0.5, 0.6) is 0 Å². The summed E-state index contributed by atoms with van der Waals surface area (Å²) in [6.07, 6.45) is -0.0111. The SMILES string of the molecule is N#Cc1cccc(NC(=O)CCNS(=O)(=O)c2ccccc2)c1. The van der Waals surface area contributed by atoms with E-state index in [-0.39, 0.29) is 23.8 Å². The van der Waals surface area contributed by atoms with Gasteiger partial charge in [-0.15, -0.1) is 0 Å². The third-order valence-corrected chi connectivity index (χ3v) is 4.45. The fourth-order valence-corrected chi connectivity index (χ4v) is 2.92. The Morgan fingerprint density at radius 2 is 1.83 bits per heavy atom. The van der Waals surface area contributed by atoms with Gasteiger partial charge < -0.3 is 5.32 Å². The van der Waals surface area contributed by atoms with Crippen LogP contribution in [0.1, 0.15) is 12.0 Å². The summed E-state index contributed by atoms with van der Waals surface area (Å²) in [6, 6.07) is 16.4. The molecule has 0 bridgehead atoms. The monoisotopic (exact) mass is 329 g/mol. The first-order chi connectivity index (χ1) is 11.0. The van der Waals surface area contributed by atoms with Crippen molar-refractivity contribution in [2.45, 2.75) is 11.3 Å². The van der Waals surface area contributed by atoms with Crippen LogP contribution < -0.4 is 10.0 Å². The van der Waals surface area contributed by atoms with Crippen molar-refractivity contribution in [1.29, 1.82) is 5.26 Å². The van der Waals surface area contributed by atoms with Crippen LogP contribution in [0.25, 0.3) is 0 Å². The van der Waals surface area contributed by atoms with Crippen LogP contribution in [0.15, 0.2) is 59.5 Å². The Morgan fingerprint density at radius 1 is 1.09 bits per heavy atom. The molecule has 0 saturated heterocycles. The molecular weight excluding hydrogens is 314 g/mol. The first-order valence-electron chi connectivity index (χ1n) is 6.86. The van der Waals surface area contributed by atoms with Crippen molar-refractivity contribution < 1.29 is 13.2 Å². The van der Waals surface area contributed by atoms with Gasteiger partial charge in [0.05, 0.1) is 16.5 Å². The third kappa shape index (κ3) is 4.92. The number of carbonyl (C=O) groups excluding carboxylic acids is 1. The lowest BCUT2D eigenvalue weighted by Crippen LogP contribution is -2.27. The molecule has 0 aromatic heterocycles. The highest BCUT2D eigenvalue weighted by atomic mass is 32.2. The zero-order valence-corrected chi connectivity index (χ0v) is 13.0. The first kappa shape index (κ1) is 16.7. The molecule has 2 N–H and O–H groups in total. The van der Waals surface area contributed by atoms with Crippen molar-refractivity contribution in [3.05, 3.63) is 60.2 Å². The highest BCUT2D eigenvalue weighted by Gasteiger charge is 2.13. The summed E-state index contributed by atoms with van der Waals surface area (Å²) in [7, 11) is -3.61. The summed E-state index contributed by atoms with van der Waals surface area (Å²) in [5.74, 6) is -0.337. The molecule has 0 aliphatic rings. The topological polar surface area (TPSA) is 99.1 Å². The van der Waals surface area contributed by atoms with E-state index in [0.29, 0.717) is 11.3 Å². The molecule has 2 aromatic rings. The number of nitrogens with zero attached hydrogens (tertiary/aromatic N) is 1. The number of rotatable bonds is 6. The predicted octanol–water partition coefficient (Wildman–Crippen LogP) is 1.87. The van der Waals surface area contributed by atoms with E-state index in [0.717, 1.165) is 0 Å². The van der Waals surface area contributed by atoms with E-state index < -0.39 is 10.0 Å². The molecule has 0 saturated carbocycles. The number of nitrogens with one attached hydrogen (secondary N) is 2. The van der Waals surface area contributed by atoms with Gasteiger partial charge in [-0.3, -0.25) is 4.79 Å². The summed E-state index contributed by atoms with van der Waals surface area (Å²) >= 11 is 0. The van der Waals surface area contributed by atoms with E-state index in [1.807, 2.05) is 6.07 Å². The van der Waals surface area contributed by atoms with Crippen LogP contribution in [0.3, 0.4) is 0 Å². The molecule has 118 valence electrons. The van der Waals surface area contributed by atoms with Crippen molar-refractivity contribution in [2.75, 3.05) is 11.9 Å². The molecular formula is C16H15N3O3S. The molecule has 23 heavy (non-hydrogen) atoms. The average molecular weight is 329 g/mol. The minimum atomic E-state index is -3.61. The Balaban J connectivity index is 1.86. The smallest absolute Gasteiger partial charge is 0.240 e. The number of amides is 1. The Hall–Kier alpha value is -2.69. The minimum Gasteiger partial charge on any atom is -0.326 e. The van der Waals surface area contributed by atoms with Gasteiger partial charge in [0, 0.05) is 18.7 Å². The molecule has 6 nitrogen and oxygen atoms in total. The maximum absolute atomic E-state index is 12.0. The maximum atomic E-state index is 12.0. The molecule has 0 fully saturated rings. The lowest BCUT2D eigenvalue weighted by atomic mass is 10.2. The van der Waals surface area contributed by atoms with Crippen molar-refractivity contribution in [2.24, 2.45) is 0 Å². The Labute approximate surface area is 134 Å². The lowest BCUT2D eigenvalue weighted by Gasteiger charge is -2.07. The molecule has 7 heteroatoms. The van der Waals surface area contributed by atoms with Gasteiger partial charge in [0.2, 0.25) is 15.9 Å². The predicted molar refractivity (Wildman–Crippen MR) is 86.0 cm³/mol. The van der Waals surface area contributed by atoms with Gasteiger partial charge in [-0.2, -0.15) is 5.26 Å². The van der Waals surface area contributed by atoms with Crippen molar-refractivity contribution >= 4 is 21.6 Å². The van der Waals surface area contributed by atoms with Gasteiger partial charge in [0.25, 0.3) is 0 Å². The fourth-order valence-electron chi connectivity index (χ4n) is 1.87. The normalized spacial score (nSPS) is 10.7. The zero-order valence-electron chi connectivity index (χ0n) is 12.2. The molecule has 0 aliphatic carbocycles. The summed E-state index contributed by atoms with van der Waals surface area (Å²) in [4.78, 5) is 12.0. The number of hydrogen-bond donors (Lipinski definition) is 2. The molecule has 0 atom stereocenters. The second kappa shape index (κ2) is 7.54. The van der Waals surface area contributed by atoms with Crippen LogP contribution in [0.4, 0.5) is 5.69 Å². The number of sulfonamides is 1. The highest BCUT2D eigenvalue weighted by molar-refractivity contribution is 7.89. The lowest BCUT2D eigenvalue weighted by molar-refractivity contribution is -0.116. The Kier molecular flexibility index (Phi) is 5.46. The quantitative estimate of drug-likeness (QED) is 0.845. The van der Waals surface area contributed by atoms with Crippen LogP contribution in [0, 0.1) is 11.3 Å². The molecule has 2 rings (SSSR count).